The molecule has 1 amide bonds. The third kappa shape index (κ3) is 2.08. The number of amides is 1. The van der Waals surface area contributed by atoms with Crippen LogP contribution >= 0.6 is 39.0 Å². The first-order valence-electron chi connectivity index (χ1n) is 3.88. The molecular formula is C8H8BrNOS2. The SMILES string of the molecule is O=C(c1cc(Br)cs1)N1CCSC1. The average molecular weight is 278 g/mol. The van der Waals surface area contributed by atoms with Crippen LogP contribution in [0.4, 0.5) is 0 Å². The smallest absolute Gasteiger partial charge is 0.264 e. The summed E-state index contributed by atoms with van der Waals surface area (Å²) in [5, 5.41) is 1.94. The molecule has 1 aromatic rings. The Kier molecular flexibility index (Phi) is 2.96. The van der Waals surface area contributed by atoms with Gasteiger partial charge < -0.3 is 4.90 Å². The minimum absolute atomic E-state index is 0.167. The topological polar surface area (TPSA) is 20.3 Å². The van der Waals surface area contributed by atoms with E-state index in [1.807, 2.05) is 28.1 Å². The summed E-state index contributed by atoms with van der Waals surface area (Å²) in [4.78, 5) is 14.5. The molecule has 0 aliphatic carbocycles. The maximum Gasteiger partial charge on any atom is 0.264 e. The summed E-state index contributed by atoms with van der Waals surface area (Å²) in [6.07, 6.45) is 0. The van der Waals surface area contributed by atoms with E-state index in [1.54, 1.807) is 0 Å². The normalized spacial score (nSPS) is 16.5. The van der Waals surface area contributed by atoms with Gasteiger partial charge >= 0.3 is 0 Å². The molecule has 0 radical (unpaired) electrons. The summed E-state index contributed by atoms with van der Waals surface area (Å²) in [7, 11) is 0. The number of nitrogens with zero attached hydrogens (tertiary/aromatic N) is 1. The summed E-state index contributed by atoms with van der Waals surface area (Å²) in [5.41, 5.74) is 0. The fourth-order valence-electron chi connectivity index (χ4n) is 1.16. The van der Waals surface area contributed by atoms with Crippen molar-refractivity contribution in [1.29, 1.82) is 0 Å². The van der Waals surface area contributed by atoms with E-state index < -0.39 is 0 Å². The van der Waals surface area contributed by atoms with Crippen LogP contribution in [0.15, 0.2) is 15.9 Å². The van der Waals surface area contributed by atoms with E-state index in [-0.39, 0.29) is 5.91 Å². The van der Waals surface area contributed by atoms with Gasteiger partial charge in [0, 0.05) is 22.2 Å². The maximum atomic E-state index is 11.8. The first-order chi connectivity index (χ1) is 6.27. The van der Waals surface area contributed by atoms with Gasteiger partial charge in [-0.05, 0) is 22.0 Å². The molecule has 1 aromatic heterocycles. The second kappa shape index (κ2) is 4.02. The van der Waals surface area contributed by atoms with Gasteiger partial charge in [-0.1, -0.05) is 0 Å². The Hall–Kier alpha value is -0.000000000000000111. The molecular weight excluding hydrogens is 270 g/mol. The van der Waals surface area contributed by atoms with Crippen LogP contribution in [0.3, 0.4) is 0 Å². The molecule has 2 heterocycles. The minimum atomic E-state index is 0.167. The lowest BCUT2D eigenvalue weighted by Gasteiger charge is -2.12. The molecule has 1 aliphatic heterocycles. The van der Waals surface area contributed by atoms with Crippen molar-refractivity contribution in [1.82, 2.24) is 4.90 Å². The Morgan fingerprint density at radius 1 is 1.62 bits per heavy atom. The molecule has 5 heteroatoms. The van der Waals surface area contributed by atoms with Crippen LogP contribution in [0.2, 0.25) is 0 Å². The zero-order valence-corrected chi connectivity index (χ0v) is 10.0. The van der Waals surface area contributed by atoms with Crippen LogP contribution in [0.5, 0.6) is 0 Å². The number of hydrogen-bond donors (Lipinski definition) is 0. The van der Waals surface area contributed by atoms with Gasteiger partial charge in [-0.15, -0.1) is 23.1 Å². The molecule has 0 spiro atoms. The van der Waals surface area contributed by atoms with Crippen LogP contribution < -0.4 is 0 Å². The lowest BCUT2D eigenvalue weighted by Crippen LogP contribution is -2.26. The van der Waals surface area contributed by atoms with Gasteiger partial charge in [0.25, 0.3) is 5.91 Å². The Bertz CT molecular complexity index is 320. The zero-order valence-electron chi connectivity index (χ0n) is 6.83. The molecule has 13 heavy (non-hydrogen) atoms. The number of carbonyl (C=O) groups excluding carboxylic acids is 1. The highest BCUT2D eigenvalue weighted by atomic mass is 79.9. The summed E-state index contributed by atoms with van der Waals surface area (Å²) in [6, 6.07) is 1.88. The van der Waals surface area contributed by atoms with Crippen LogP contribution in [0.1, 0.15) is 9.67 Å². The highest BCUT2D eigenvalue weighted by Crippen LogP contribution is 2.23. The van der Waals surface area contributed by atoms with Crippen molar-refractivity contribution in [3.8, 4) is 0 Å². The van der Waals surface area contributed by atoms with E-state index in [1.165, 1.54) is 11.3 Å². The summed E-state index contributed by atoms with van der Waals surface area (Å²) in [6.45, 7) is 0.888. The number of thioether (sulfide) groups is 1. The molecule has 0 N–H and O–H groups in total. The maximum absolute atomic E-state index is 11.8. The van der Waals surface area contributed by atoms with E-state index in [9.17, 15) is 4.79 Å². The molecule has 1 saturated heterocycles. The van der Waals surface area contributed by atoms with Crippen LogP contribution in [0, 0.1) is 0 Å². The van der Waals surface area contributed by atoms with E-state index in [2.05, 4.69) is 15.9 Å². The summed E-state index contributed by atoms with van der Waals surface area (Å²) >= 11 is 6.65. The molecule has 0 bridgehead atoms. The predicted molar refractivity (Wildman–Crippen MR) is 60.4 cm³/mol. The number of rotatable bonds is 1. The minimum Gasteiger partial charge on any atom is -0.328 e. The van der Waals surface area contributed by atoms with E-state index in [0.717, 1.165) is 27.5 Å². The third-order valence-corrected chi connectivity index (χ3v) is 4.46. The van der Waals surface area contributed by atoms with Crippen molar-refractivity contribution in [2.75, 3.05) is 18.2 Å². The van der Waals surface area contributed by atoms with Crippen molar-refractivity contribution >= 4 is 44.9 Å². The fraction of sp³-hybridized carbons (Fsp3) is 0.375. The van der Waals surface area contributed by atoms with E-state index in [0.29, 0.717) is 0 Å². The second-order valence-corrected chi connectivity index (χ2v) is 5.64. The monoisotopic (exact) mass is 277 g/mol. The van der Waals surface area contributed by atoms with Crippen molar-refractivity contribution in [2.45, 2.75) is 0 Å². The fourth-order valence-corrected chi connectivity index (χ4v) is 3.49. The molecule has 0 aromatic carbocycles. The Balaban J connectivity index is 2.12. The number of halogens is 1. The summed E-state index contributed by atoms with van der Waals surface area (Å²) in [5.74, 6) is 2.08. The summed E-state index contributed by atoms with van der Waals surface area (Å²) < 4.78 is 0.993. The van der Waals surface area contributed by atoms with Gasteiger partial charge in [0.2, 0.25) is 0 Å². The van der Waals surface area contributed by atoms with Gasteiger partial charge in [-0.3, -0.25) is 4.79 Å². The van der Waals surface area contributed by atoms with E-state index in [4.69, 9.17) is 0 Å². The lowest BCUT2D eigenvalue weighted by molar-refractivity contribution is 0.0807. The number of thiophene rings is 1. The highest BCUT2D eigenvalue weighted by Gasteiger charge is 2.20. The first kappa shape index (κ1) is 9.55. The zero-order chi connectivity index (χ0) is 9.26. The average Bonchev–Trinajstić information content (AvgIpc) is 2.72. The molecule has 70 valence electrons. The van der Waals surface area contributed by atoms with Gasteiger partial charge in [0.15, 0.2) is 0 Å². The largest absolute Gasteiger partial charge is 0.328 e. The molecule has 0 atom stereocenters. The number of hydrogen-bond acceptors (Lipinski definition) is 3. The van der Waals surface area contributed by atoms with Crippen molar-refractivity contribution in [2.24, 2.45) is 0 Å². The molecule has 2 nitrogen and oxygen atoms in total. The number of carbonyl (C=O) groups is 1. The Labute approximate surface area is 93.4 Å². The van der Waals surface area contributed by atoms with E-state index >= 15 is 0 Å². The van der Waals surface area contributed by atoms with Crippen LogP contribution in [-0.4, -0.2) is 29.0 Å². The second-order valence-electron chi connectivity index (χ2n) is 2.74. The van der Waals surface area contributed by atoms with Gasteiger partial charge in [0.1, 0.15) is 0 Å². The quantitative estimate of drug-likeness (QED) is 0.787. The van der Waals surface area contributed by atoms with Gasteiger partial charge in [0.05, 0.1) is 10.8 Å². The Morgan fingerprint density at radius 2 is 2.46 bits per heavy atom. The predicted octanol–water partition coefficient (Wildman–Crippen LogP) is 2.66. The molecule has 0 unspecified atom stereocenters. The third-order valence-electron chi connectivity index (χ3n) is 1.82. The van der Waals surface area contributed by atoms with Gasteiger partial charge in [-0.25, -0.2) is 0 Å². The van der Waals surface area contributed by atoms with Crippen LogP contribution in [-0.2, 0) is 0 Å². The standard InChI is InChI=1S/C8H8BrNOS2/c9-6-3-7(13-4-6)8(11)10-1-2-12-5-10/h3-4H,1-2,5H2. The molecule has 1 fully saturated rings. The van der Waals surface area contributed by atoms with Crippen molar-refractivity contribution < 1.29 is 4.79 Å². The molecule has 1 aliphatic rings. The van der Waals surface area contributed by atoms with Crippen molar-refractivity contribution in [3.63, 3.8) is 0 Å². The highest BCUT2D eigenvalue weighted by molar-refractivity contribution is 9.10. The lowest BCUT2D eigenvalue weighted by atomic mass is 10.4. The van der Waals surface area contributed by atoms with Gasteiger partial charge in [-0.2, -0.15) is 0 Å². The molecule has 0 saturated carbocycles. The van der Waals surface area contributed by atoms with Crippen LogP contribution in [0.25, 0.3) is 0 Å². The van der Waals surface area contributed by atoms with Crippen molar-refractivity contribution in [3.05, 3.63) is 20.8 Å². The molecule has 2 rings (SSSR count). The first-order valence-corrected chi connectivity index (χ1v) is 6.71. The Morgan fingerprint density at radius 3 is 3.00 bits per heavy atom.